The average molecular weight is 324 g/mol. The molecule has 21 heavy (non-hydrogen) atoms. The van der Waals surface area contributed by atoms with Crippen molar-refractivity contribution in [3.8, 4) is 5.75 Å². The number of rotatable bonds is 5. The molecule has 0 fully saturated rings. The van der Waals surface area contributed by atoms with E-state index in [2.05, 4.69) is 15.5 Å². The molecule has 108 valence electrons. The Bertz CT molecular complexity index is 648. The van der Waals surface area contributed by atoms with Gasteiger partial charge in [-0.25, -0.2) is 5.43 Å². The van der Waals surface area contributed by atoms with Gasteiger partial charge in [-0.15, -0.1) is 0 Å². The zero-order chi connectivity index (χ0) is 15.1. The number of hydrogen-bond acceptors (Lipinski definition) is 4. The largest absolute Gasteiger partial charge is 0.482 e. The lowest BCUT2D eigenvalue weighted by atomic mass is 10.3. The van der Waals surface area contributed by atoms with Gasteiger partial charge >= 0.3 is 0 Å². The standard InChI is InChI=1S/C14H11Cl2N3O2/c15-11-2-1-3-12(14(11)16)21-9-13(20)19-18-8-10-4-6-17-7-5-10/h1-8H,9H2,(H,19,20)/b18-8+. The Kier molecular flexibility index (Phi) is 5.54. The third-order valence-corrected chi connectivity index (χ3v) is 3.19. The van der Waals surface area contributed by atoms with Crippen LogP contribution in [0.1, 0.15) is 5.56 Å². The van der Waals surface area contributed by atoms with Crippen LogP contribution in [0.5, 0.6) is 5.75 Å². The van der Waals surface area contributed by atoms with E-state index in [1.54, 1.807) is 42.7 Å². The lowest BCUT2D eigenvalue weighted by Crippen LogP contribution is -2.24. The van der Waals surface area contributed by atoms with Gasteiger partial charge in [0, 0.05) is 12.4 Å². The van der Waals surface area contributed by atoms with Crippen molar-refractivity contribution in [2.45, 2.75) is 0 Å². The minimum atomic E-state index is -0.406. The van der Waals surface area contributed by atoms with Crippen LogP contribution in [-0.4, -0.2) is 23.7 Å². The van der Waals surface area contributed by atoms with E-state index in [0.29, 0.717) is 10.8 Å². The summed E-state index contributed by atoms with van der Waals surface area (Å²) < 4.78 is 5.27. The molecular weight excluding hydrogens is 313 g/mol. The fraction of sp³-hybridized carbons (Fsp3) is 0.0714. The molecule has 1 amide bonds. The number of aromatic nitrogens is 1. The highest BCUT2D eigenvalue weighted by Crippen LogP contribution is 2.31. The maximum atomic E-state index is 11.6. The number of benzene rings is 1. The first kappa shape index (κ1) is 15.3. The van der Waals surface area contributed by atoms with E-state index >= 15 is 0 Å². The molecule has 0 saturated carbocycles. The summed E-state index contributed by atoms with van der Waals surface area (Å²) in [5.74, 6) is -0.0613. The van der Waals surface area contributed by atoms with Gasteiger partial charge in [-0.2, -0.15) is 5.10 Å². The van der Waals surface area contributed by atoms with Gasteiger partial charge in [0.1, 0.15) is 10.8 Å². The number of hydrazone groups is 1. The number of carbonyl (C=O) groups is 1. The minimum Gasteiger partial charge on any atom is -0.482 e. The molecular formula is C14H11Cl2N3O2. The van der Waals surface area contributed by atoms with Crippen LogP contribution >= 0.6 is 23.2 Å². The molecule has 1 N–H and O–H groups in total. The van der Waals surface area contributed by atoms with Crippen molar-refractivity contribution in [2.75, 3.05) is 6.61 Å². The maximum absolute atomic E-state index is 11.6. The van der Waals surface area contributed by atoms with E-state index < -0.39 is 5.91 Å². The van der Waals surface area contributed by atoms with Crippen molar-refractivity contribution in [1.82, 2.24) is 10.4 Å². The van der Waals surface area contributed by atoms with Crippen molar-refractivity contribution < 1.29 is 9.53 Å². The highest BCUT2D eigenvalue weighted by Gasteiger charge is 2.07. The van der Waals surface area contributed by atoms with E-state index in [9.17, 15) is 4.79 Å². The van der Waals surface area contributed by atoms with Crippen molar-refractivity contribution in [3.05, 3.63) is 58.3 Å². The zero-order valence-electron chi connectivity index (χ0n) is 10.8. The number of hydrogen-bond donors (Lipinski definition) is 1. The molecule has 2 aromatic rings. The summed E-state index contributed by atoms with van der Waals surface area (Å²) in [7, 11) is 0. The third-order valence-electron chi connectivity index (χ3n) is 2.38. The summed E-state index contributed by atoms with van der Waals surface area (Å²) in [5.41, 5.74) is 3.17. The summed E-state index contributed by atoms with van der Waals surface area (Å²) in [5, 5.41) is 4.44. The Morgan fingerprint density at radius 2 is 2.05 bits per heavy atom. The van der Waals surface area contributed by atoms with E-state index in [4.69, 9.17) is 27.9 Å². The van der Waals surface area contributed by atoms with Gasteiger partial charge in [0.05, 0.1) is 11.2 Å². The van der Waals surface area contributed by atoms with Crippen LogP contribution in [0.25, 0.3) is 0 Å². The van der Waals surface area contributed by atoms with Crippen LogP contribution in [0.2, 0.25) is 10.0 Å². The number of ether oxygens (including phenoxy) is 1. The molecule has 0 unspecified atom stereocenters. The molecule has 1 aromatic carbocycles. The summed E-state index contributed by atoms with van der Waals surface area (Å²) in [6.45, 7) is -0.215. The summed E-state index contributed by atoms with van der Waals surface area (Å²) in [6, 6.07) is 8.47. The van der Waals surface area contributed by atoms with Gasteiger partial charge in [-0.3, -0.25) is 9.78 Å². The molecule has 0 bridgehead atoms. The topological polar surface area (TPSA) is 63.6 Å². The molecule has 7 heteroatoms. The Morgan fingerprint density at radius 3 is 2.81 bits per heavy atom. The summed E-state index contributed by atoms with van der Waals surface area (Å²) in [4.78, 5) is 15.4. The van der Waals surface area contributed by atoms with Crippen molar-refractivity contribution >= 4 is 35.3 Å². The molecule has 0 radical (unpaired) electrons. The van der Waals surface area contributed by atoms with E-state index in [1.807, 2.05) is 0 Å². The van der Waals surface area contributed by atoms with Gasteiger partial charge < -0.3 is 4.74 Å². The molecule has 1 aromatic heterocycles. The normalized spacial score (nSPS) is 10.6. The van der Waals surface area contributed by atoms with Crippen molar-refractivity contribution in [2.24, 2.45) is 5.10 Å². The number of carbonyl (C=O) groups excluding carboxylic acids is 1. The van der Waals surface area contributed by atoms with Crippen LogP contribution in [0.4, 0.5) is 0 Å². The first-order valence-corrected chi connectivity index (χ1v) is 6.71. The Hall–Kier alpha value is -2.11. The summed E-state index contributed by atoms with van der Waals surface area (Å²) in [6.07, 6.45) is 4.77. The molecule has 0 atom stereocenters. The Balaban J connectivity index is 1.83. The first-order chi connectivity index (χ1) is 10.2. The summed E-state index contributed by atoms with van der Waals surface area (Å²) >= 11 is 11.8. The molecule has 2 rings (SSSR count). The first-order valence-electron chi connectivity index (χ1n) is 5.95. The maximum Gasteiger partial charge on any atom is 0.277 e. The molecule has 0 aliphatic carbocycles. The highest BCUT2D eigenvalue weighted by atomic mass is 35.5. The molecule has 1 heterocycles. The van der Waals surface area contributed by atoms with Crippen LogP contribution < -0.4 is 10.2 Å². The molecule has 0 saturated heterocycles. The molecule has 0 aliphatic rings. The Labute approximate surface area is 131 Å². The van der Waals surface area contributed by atoms with Crippen LogP contribution in [0.15, 0.2) is 47.8 Å². The second-order valence-corrected chi connectivity index (χ2v) is 4.70. The van der Waals surface area contributed by atoms with E-state index in [-0.39, 0.29) is 11.6 Å². The van der Waals surface area contributed by atoms with E-state index in [1.165, 1.54) is 6.21 Å². The van der Waals surface area contributed by atoms with Crippen LogP contribution in [0, 0.1) is 0 Å². The molecule has 0 aliphatic heterocycles. The van der Waals surface area contributed by atoms with Gasteiger partial charge in [0.2, 0.25) is 0 Å². The van der Waals surface area contributed by atoms with Crippen LogP contribution in [-0.2, 0) is 4.79 Å². The smallest absolute Gasteiger partial charge is 0.277 e. The second-order valence-electron chi connectivity index (χ2n) is 3.91. The molecule has 0 spiro atoms. The lowest BCUT2D eigenvalue weighted by molar-refractivity contribution is -0.123. The van der Waals surface area contributed by atoms with Gasteiger partial charge in [0.15, 0.2) is 6.61 Å². The van der Waals surface area contributed by atoms with E-state index in [0.717, 1.165) is 5.56 Å². The Morgan fingerprint density at radius 1 is 1.29 bits per heavy atom. The lowest BCUT2D eigenvalue weighted by Gasteiger charge is -2.07. The minimum absolute atomic E-state index is 0.215. The van der Waals surface area contributed by atoms with Crippen molar-refractivity contribution in [1.29, 1.82) is 0 Å². The number of pyridine rings is 1. The van der Waals surface area contributed by atoms with Crippen LogP contribution in [0.3, 0.4) is 0 Å². The number of nitrogens with zero attached hydrogens (tertiary/aromatic N) is 2. The second kappa shape index (κ2) is 7.61. The quantitative estimate of drug-likeness (QED) is 0.679. The zero-order valence-corrected chi connectivity index (χ0v) is 12.3. The number of halogens is 2. The van der Waals surface area contributed by atoms with Gasteiger partial charge in [-0.1, -0.05) is 29.3 Å². The predicted molar refractivity (Wildman–Crippen MR) is 81.9 cm³/mol. The van der Waals surface area contributed by atoms with Gasteiger partial charge in [-0.05, 0) is 29.8 Å². The number of nitrogens with one attached hydrogen (secondary N) is 1. The fourth-order valence-corrected chi connectivity index (χ4v) is 1.75. The predicted octanol–water partition coefficient (Wildman–Crippen LogP) is 2.92. The third kappa shape index (κ3) is 4.73. The van der Waals surface area contributed by atoms with Gasteiger partial charge in [0.25, 0.3) is 5.91 Å². The van der Waals surface area contributed by atoms with Crippen molar-refractivity contribution in [3.63, 3.8) is 0 Å². The SMILES string of the molecule is O=C(COc1cccc(Cl)c1Cl)N/N=C/c1ccncc1. The fourth-order valence-electron chi connectivity index (χ4n) is 1.40. The highest BCUT2D eigenvalue weighted by molar-refractivity contribution is 6.42. The molecule has 5 nitrogen and oxygen atoms in total. The average Bonchev–Trinajstić information content (AvgIpc) is 2.50. The monoisotopic (exact) mass is 323 g/mol. The number of amides is 1.